The fraction of sp³-hybridized carbons (Fsp3) is 0.357. The Bertz CT molecular complexity index is 554. The molecule has 1 aromatic rings. The largest absolute Gasteiger partial charge is 0.497 e. The summed E-state index contributed by atoms with van der Waals surface area (Å²) in [6, 6.07) is 3.24. The van der Waals surface area contributed by atoms with Crippen molar-refractivity contribution in [2.45, 2.75) is 25.3 Å². The van der Waals surface area contributed by atoms with Crippen LogP contribution in [-0.2, 0) is 16.0 Å². The highest BCUT2D eigenvalue weighted by molar-refractivity contribution is 5.89. The summed E-state index contributed by atoms with van der Waals surface area (Å²) >= 11 is 0. The Morgan fingerprint density at radius 1 is 1.24 bits per heavy atom. The van der Waals surface area contributed by atoms with Crippen LogP contribution in [0.15, 0.2) is 18.2 Å². The van der Waals surface area contributed by atoms with Crippen LogP contribution in [0.25, 0.3) is 0 Å². The molecule has 0 bridgehead atoms. The summed E-state index contributed by atoms with van der Waals surface area (Å²) in [5.41, 5.74) is 5.85. The Kier molecular flexibility index (Phi) is 5.86. The van der Waals surface area contributed by atoms with Crippen molar-refractivity contribution in [2.24, 2.45) is 5.73 Å². The average molecular weight is 295 g/mol. The van der Waals surface area contributed by atoms with Crippen molar-refractivity contribution in [3.05, 3.63) is 29.3 Å². The van der Waals surface area contributed by atoms with Crippen molar-refractivity contribution in [3.8, 4) is 5.75 Å². The van der Waals surface area contributed by atoms with Crippen LogP contribution in [0.2, 0.25) is 0 Å². The van der Waals surface area contributed by atoms with E-state index in [1.54, 1.807) is 6.07 Å². The van der Waals surface area contributed by atoms with E-state index < -0.39 is 18.0 Å². The van der Waals surface area contributed by atoms with Gasteiger partial charge in [0.15, 0.2) is 0 Å². The number of aromatic carboxylic acids is 1. The third-order valence-corrected chi connectivity index (χ3v) is 2.90. The van der Waals surface area contributed by atoms with Gasteiger partial charge in [-0.2, -0.15) is 0 Å². The number of hydrogen-bond acceptors (Lipinski definition) is 5. The second-order valence-corrected chi connectivity index (χ2v) is 4.57. The summed E-state index contributed by atoms with van der Waals surface area (Å²) in [5.74, 6) is -2.14. The lowest BCUT2D eigenvalue weighted by Gasteiger charge is -2.08. The maximum absolute atomic E-state index is 11.8. The zero-order valence-corrected chi connectivity index (χ0v) is 11.5. The highest BCUT2D eigenvalue weighted by atomic mass is 16.5. The predicted octanol–water partition coefficient (Wildman–Crippen LogP) is 0.697. The Labute approximate surface area is 121 Å². The van der Waals surface area contributed by atoms with E-state index in [1.165, 1.54) is 19.2 Å². The van der Waals surface area contributed by atoms with Gasteiger partial charge in [0, 0.05) is 12.8 Å². The number of carbonyl (C=O) groups excluding carboxylic acids is 1. The van der Waals surface area contributed by atoms with Crippen LogP contribution in [0.4, 0.5) is 0 Å². The van der Waals surface area contributed by atoms with E-state index in [1.807, 2.05) is 0 Å². The minimum absolute atomic E-state index is 0.00379. The van der Waals surface area contributed by atoms with Gasteiger partial charge in [0.1, 0.15) is 17.6 Å². The second kappa shape index (κ2) is 7.39. The molecule has 4 N–H and O–H groups in total. The third kappa shape index (κ3) is 5.23. The van der Waals surface area contributed by atoms with Crippen molar-refractivity contribution in [1.82, 2.24) is 0 Å². The smallest absolute Gasteiger partial charge is 0.335 e. The molecule has 114 valence electrons. The molecule has 0 heterocycles. The van der Waals surface area contributed by atoms with Gasteiger partial charge in [0.25, 0.3) is 0 Å². The number of carboxylic acids is 2. The summed E-state index contributed by atoms with van der Waals surface area (Å²) in [4.78, 5) is 33.3. The molecule has 0 aliphatic carbocycles. The summed E-state index contributed by atoms with van der Waals surface area (Å²) in [6.45, 7) is 0. The van der Waals surface area contributed by atoms with Gasteiger partial charge in [-0.3, -0.25) is 9.59 Å². The van der Waals surface area contributed by atoms with Gasteiger partial charge in [-0.1, -0.05) is 0 Å². The Morgan fingerprint density at radius 2 is 1.90 bits per heavy atom. The number of hydrogen-bond donors (Lipinski definition) is 3. The van der Waals surface area contributed by atoms with Crippen LogP contribution in [0.5, 0.6) is 5.75 Å². The lowest BCUT2D eigenvalue weighted by atomic mass is 10.0. The summed E-state index contributed by atoms with van der Waals surface area (Å²) < 4.78 is 4.98. The molecule has 0 aromatic heterocycles. The molecule has 0 saturated carbocycles. The molecule has 0 aliphatic rings. The first-order valence-electron chi connectivity index (χ1n) is 6.24. The SMILES string of the molecule is COc1cc(CC(=O)CC[C@H](N)C(=O)O)cc(C(=O)O)c1. The second-order valence-electron chi connectivity index (χ2n) is 4.57. The van der Waals surface area contributed by atoms with Gasteiger partial charge in [0.2, 0.25) is 0 Å². The van der Waals surface area contributed by atoms with Crippen LogP contribution < -0.4 is 10.5 Å². The molecular weight excluding hydrogens is 278 g/mol. The summed E-state index contributed by atoms with van der Waals surface area (Å²) in [6.07, 6.45) is 0.0703. The van der Waals surface area contributed by atoms with Gasteiger partial charge in [0.05, 0.1) is 12.7 Å². The molecule has 0 saturated heterocycles. The van der Waals surface area contributed by atoms with Gasteiger partial charge in [-0.15, -0.1) is 0 Å². The van der Waals surface area contributed by atoms with Gasteiger partial charge < -0.3 is 20.7 Å². The maximum atomic E-state index is 11.8. The molecule has 0 spiro atoms. The Morgan fingerprint density at radius 3 is 2.43 bits per heavy atom. The van der Waals surface area contributed by atoms with Gasteiger partial charge >= 0.3 is 11.9 Å². The fourth-order valence-corrected chi connectivity index (χ4v) is 1.76. The number of Topliss-reactive ketones (excluding diaryl/α,β-unsaturated/α-hetero) is 1. The number of carboxylic acid groups (broad SMARTS) is 2. The Hall–Kier alpha value is -2.41. The number of nitrogens with two attached hydrogens (primary N) is 1. The molecular formula is C14H17NO6. The van der Waals surface area contributed by atoms with Crippen molar-refractivity contribution in [3.63, 3.8) is 0 Å². The van der Waals surface area contributed by atoms with Crippen molar-refractivity contribution >= 4 is 17.7 Å². The van der Waals surface area contributed by atoms with Crippen molar-refractivity contribution in [1.29, 1.82) is 0 Å². The molecule has 21 heavy (non-hydrogen) atoms. The molecule has 1 aromatic carbocycles. The van der Waals surface area contributed by atoms with Crippen LogP contribution in [-0.4, -0.2) is 41.1 Å². The standard InChI is InChI=1S/C14H17NO6/c1-21-11-6-8(4-9(7-11)13(17)18)5-10(16)2-3-12(15)14(19)20/h4,6-7,12H,2-3,5,15H2,1H3,(H,17,18)(H,19,20)/t12-/m0/s1. The molecule has 7 heteroatoms. The number of methoxy groups -OCH3 is 1. The quantitative estimate of drug-likeness (QED) is 0.644. The van der Waals surface area contributed by atoms with Crippen LogP contribution >= 0.6 is 0 Å². The molecule has 1 rings (SSSR count). The molecule has 7 nitrogen and oxygen atoms in total. The van der Waals surface area contributed by atoms with Crippen molar-refractivity contribution < 1.29 is 29.3 Å². The maximum Gasteiger partial charge on any atom is 0.335 e. The fourth-order valence-electron chi connectivity index (χ4n) is 1.76. The average Bonchev–Trinajstić information content (AvgIpc) is 2.43. The number of ether oxygens (including phenoxy) is 1. The first kappa shape index (κ1) is 16.6. The molecule has 0 amide bonds. The minimum atomic E-state index is -1.16. The molecule has 0 radical (unpaired) electrons. The zero-order chi connectivity index (χ0) is 16.0. The van der Waals surface area contributed by atoms with E-state index in [-0.39, 0.29) is 30.6 Å². The monoisotopic (exact) mass is 295 g/mol. The summed E-state index contributed by atoms with van der Waals surface area (Å²) in [5, 5.41) is 17.6. The topological polar surface area (TPSA) is 127 Å². The third-order valence-electron chi connectivity index (χ3n) is 2.90. The number of rotatable bonds is 8. The first-order chi connectivity index (χ1) is 9.83. The molecule has 0 aliphatic heterocycles. The van der Waals surface area contributed by atoms with E-state index in [2.05, 4.69) is 0 Å². The minimum Gasteiger partial charge on any atom is -0.497 e. The van der Waals surface area contributed by atoms with Crippen LogP contribution in [0, 0.1) is 0 Å². The van der Waals surface area contributed by atoms with E-state index in [0.29, 0.717) is 11.3 Å². The number of ketones is 1. The van der Waals surface area contributed by atoms with Crippen LogP contribution in [0.1, 0.15) is 28.8 Å². The number of carbonyl (C=O) groups is 3. The van der Waals surface area contributed by atoms with E-state index in [0.717, 1.165) is 0 Å². The zero-order valence-electron chi connectivity index (χ0n) is 11.5. The summed E-state index contributed by atoms with van der Waals surface area (Å²) in [7, 11) is 1.40. The van der Waals surface area contributed by atoms with E-state index in [9.17, 15) is 14.4 Å². The predicted molar refractivity (Wildman–Crippen MR) is 73.5 cm³/mol. The van der Waals surface area contributed by atoms with E-state index >= 15 is 0 Å². The Balaban J connectivity index is 2.73. The number of aliphatic carboxylic acids is 1. The lowest BCUT2D eigenvalue weighted by molar-refractivity contribution is -0.138. The van der Waals surface area contributed by atoms with Crippen LogP contribution in [0.3, 0.4) is 0 Å². The van der Waals surface area contributed by atoms with E-state index in [4.69, 9.17) is 20.7 Å². The molecule has 1 atom stereocenters. The normalized spacial score (nSPS) is 11.7. The highest BCUT2D eigenvalue weighted by Gasteiger charge is 2.15. The van der Waals surface area contributed by atoms with Gasteiger partial charge in [-0.25, -0.2) is 4.79 Å². The highest BCUT2D eigenvalue weighted by Crippen LogP contribution is 2.18. The van der Waals surface area contributed by atoms with Gasteiger partial charge in [-0.05, 0) is 30.2 Å². The molecule has 0 unspecified atom stereocenters. The lowest BCUT2D eigenvalue weighted by Crippen LogP contribution is -2.30. The van der Waals surface area contributed by atoms with Crippen molar-refractivity contribution in [2.75, 3.05) is 7.11 Å². The molecule has 0 fully saturated rings. The number of benzene rings is 1. The first-order valence-corrected chi connectivity index (χ1v) is 6.24.